The molecule has 0 aliphatic carbocycles. The van der Waals surface area contributed by atoms with Crippen LogP contribution in [0.25, 0.3) is 0 Å². The monoisotopic (exact) mass is 266 g/mol. The van der Waals surface area contributed by atoms with Gasteiger partial charge >= 0.3 is 5.97 Å². The van der Waals surface area contributed by atoms with Gasteiger partial charge in [0.1, 0.15) is 0 Å². The maximum atomic E-state index is 11.4. The molecule has 1 saturated heterocycles. The number of hydrogen-bond donors (Lipinski definition) is 1. The third-order valence-electron chi connectivity index (χ3n) is 3.55. The molecular formula is C13H22N4O2. The third-order valence-corrected chi connectivity index (χ3v) is 3.55. The van der Waals surface area contributed by atoms with Crippen molar-refractivity contribution in [1.29, 1.82) is 0 Å². The summed E-state index contributed by atoms with van der Waals surface area (Å²) in [5.41, 5.74) is 1.14. The second kappa shape index (κ2) is 5.71. The lowest BCUT2D eigenvalue weighted by molar-refractivity contribution is 0.0677. The first-order valence-electron chi connectivity index (χ1n) is 6.69. The molecule has 2 rings (SSSR count). The van der Waals surface area contributed by atoms with Gasteiger partial charge in [0.05, 0.1) is 6.20 Å². The van der Waals surface area contributed by atoms with Crippen LogP contribution in [0.1, 0.15) is 35.9 Å². The van der Waals surface area contributed by atoms with Crippen molar-refractivity contribution in [1.82, 2.24) is 19.6 Å². The molecule has 1 fully saturated rings. The second-order valence-corrected chi connectivity index (χ2v) is 5.44. The number of carbonyl (C=O) groups is 1. The highest BCUT2D eigenvalue weighted by molar-refractivity contribution is 5.87. The van der Waals surface area contributed by atoms with E-state index < -0.39 is 5.97 Å². The van der Waals surface area contributed by atoms with Crippen molar-refractivity contribution < 1.29 is 9.90 Å². The number of carboxylic acids is 1. The lowest BCUT2D eigenvalue weighted by atomic mass is 10.2. The van der Waals surface area contributed by atoms with Crippen LogP contribution in [0.5, 0.6) is 0 Å². The van der Waals surface area contributed by atoms with Crippen molar-refractivity contribution in [3.8, 4) is 0 Å². The Morgan fingerprint density at radius 3 is 2.53 bits per heavy atom. The molecule has 1 aromatic rings. The summed E-state index contributed by atoms with van der Waals surface area (Å²) in [5.74, 6) is -0.893. The molecule has 0 atom stereocenters. The zero-order valence-electron chi connectivity index (χ0n) is 11.8. The van der Waals surface area contributed by atoms with Crippen LogP contribution in [0.3, 0.4) is 0 Å². The first-order valence-corrected chi connectivity index (χ1v) is 6.69. The van der Waals surface area contributed by atoms with Gasteiger partial charge in [-0.2, -0.15) is 5.10 Å². The molecule has 0 aromatic carbocycles. The summed E-state index contributed by atoms with van der Waals surface area (Å²) in [4.78, 5) is 16.0. The Balaban J connectivity index is 2.14. The van der Waals surface area contributed by atoms with E-state index >= 15 is 0 Å². The molecule has 0 amide bonds. The molecule has 0 bridgehead atoms. The van der Waals surface area contributed by atoms with Crippen LogP contribution in [-0.4, -0.2) is 63.9 Å². The summed E-state index contributed by atoms with van der Waals surface area (Å²) in [5, 5.41) is 13.6. The fourth-order valence-electron chi connectivity index (χ4n) is 2.39. The molecule has 1 aliphatic rings. The Labute approximate surface area is 113 Å². The number of aromatic carboxylic acids is 1. The van der Waals surface area contributed by atoms with Gasteiger partial charge in [-0.3, -0.25) is 9.58 Å². The zero-order chi connectivity index (χ0) is 14.0. The van der Waals surface area contributed by atoms with Crippen molar-refractivity contribution >= 4 is 5.97 Å². The van der Waals surface area contributed by atoms with E-state index in [1.807, 2.05) is 13.8 Å². The van der Waals surface area contributed by atoms with Crippen molar-refractivity contribution in [3.05, 3.63) is 17.5 Å². The molecule has 1 aromatic heterocycles. The molecule has 0 saturated carbocycles. The van der Waals surface area contributed by atoms with E-state index in [0.717, 1.165) is 31.7 Å². The van der Waals surface area contributed by atoms with Gasteiger partial charge in [-0.25, -0.2) is 4.79 Å². The van der Waals surface area contributed by atoms with Gasteiger partial charge in [0.15, 0.2) is 5.69 Å². The number of nitrogens with zero attached hydrogens (tertiary/aromatic N) is 4. The first kappa shape index (κ1) is 14.0. The summed E-state index contributed by atoms with van der Waals surface area (Å²) in [6.07, 6.45) is 1.70. The smallest absolute Gasteiger partial charge is 0.354 e. The summed E-state index contributed by atoms with van der Waals surface area (Å²) < 4.78 is 1.59. The van der Waals surface area contributed by atoms with Crippen molar-refractivity contribution in [2.24, 2.45) is 0 Å². The number of rotatable bonds is 4. The molecule has 0 radical (unpaired) electrons. The van der Waals surface area contributed by atoms with Gasteiger partial charge in [-0.1, -0.05) is 0 Å². The maximum Gasteiger partial charge on any atom is 0.354 e. The molecule has 0 unspecified atom stereocenters. The topological polar surface area (TPSA) is 61.6 Å². The molecule has 1 N–H and O–H groups in total. The molecule has 1 aliphatic heterocycles. The molecule has 6 heteroatoms. The standard InChI is InChI=1S/C13H22N4O2/c1-10(2)17-12(13(18)19)11(8-14-17)9-16-6-4-15(3)5-7-16/h8,10H,4-7,9H2,1-3H3,(H,18,19). The number of piperazine rings is 1. The molecule has 19 heavy (non-hydrogen) atoms. The summed E-state index contributed by atoms with van der Waals surface area (Å²) in [6, 6.07) is 0.0624. The van der Waals surface area contributed by atoms with Crippen LogP contribution >= 0.6 is 0 Å². The van der Waals surface area contributed by atoms with E-state index in [-0.39, 0.29) is 6.04 Å². The van der Waals surface area contributed by atoms with Crippen LogP contribution in [0.4, 0.5) is 0 Å². The molecular weight excluding hydrogens is 244 g/mol. The van der Waals surface area contributed by atoms with E-state index in [2.05, 4.69) is 21.9 Å². The van der Waals surface area contributed by atoms with E-state index in [1.54, 1.807) is 10.9 Å². The lowest BCUT2D eigenvalue weighted by Crippen LogP contribution is -2.44. The second-order valence-electron chi connectivity index (χ2n) is 5.44. The van der Waals surface area contributed by atoms with Crippen LogP contribution in [0.15, 0.2) is 6.20 Å². The predicted molar refractivity (Wildman–Crippen MR) is 72.3 cm³/mol. The van der Waals surface area contributed by atoms with E-state index in [9.17, 15) is 9.90 Å². The van der Waals surface area contributed by atoms with Gasteiger partial charge in [0.25, 0.3) is 0 Å². The molecule has 0 spiro atoms. The van der Waals surface area contributed by atoms with Crippen molar-refractivity contribution in [2.45, 2.75) is 26.4 Å². The largest absolute Gasteiger partial charge is 0.477 e. The van der Waals surface area contributed by atoms with Crippen molar-refractivity contribution in [3.63, 3.8) is 0 Å². The highest BCUT2D eigenvalue weighted by atomic mass is 16.4. The molecule has 106 valence electrons. The average Bonchev–Trinajstić information content (AvgIpc) is 2.76. The average molecular weight is 266 g/mol. The van der Waals surface area contributed by atoms with Gasteiger partial charge in [-0.05, 0) is 20.9 Å². The number of carboxylic acid groups (broad SMARTS) is 1. The SMILES string of the molecule is CC(C)n1ncc(CN2CCN(C)CC2)c1C(=O)O. The zero-order valence-corrected chi connectivity index (χ0v) is 11.8. The lowest BCUT2D eigenvalue weighted by Gasteiger charge is -2.32. The van der Waals surface area contributed by atoms with E-state index in [4.69, 9.17) is 0 Å². The fraction of sp³-hybridized carbons (Fsp3) is 0.692. The third kappa shape index (κ3) is 3.13. The van der Waals surface area contributed by atoms with Gasteiger partial charge in [0, 0.05) is 44.3 Å². The van der Waals surface area contributed by atoms with Gasteiger partial charge in [-0.15, -0.1) is 0 Å². The van der Waals surface area contributed by atoms with Crippen molar-refractivity contribution in [2.75, 3.05) is 33.2 Å². The number of aromatic nitrogens is 2. The quantitative estimate of drug-likeness (QED) is 0.877. The minimum Gasteiger partial charge on any atom is -0.477 e. The Morgan fingerprint density at radius 1 is 1.37 bits per heavy atom. The summed E-state index contributed by atoms with van der Waals surface area (Å²) in [6.45, 7) is 8.56. The minimum absolute atomic E-state index is 0.0624. The normalized spacial score (nSPS) is 18.1. The van der Waals surface area contributed by atoms with Crippen LogP contribution in [0, 0.1) is 0 Å². The minimum atomic E-state index is -0.893. The Bertz CT molecular complexity index is 447. The number of likely N-dealkylation sites (N-methyl/N-ethyl adjacent to an activating group) is 1. The Morgan fingerprint density at radius 2 is 2.00 bits per heavy atom. The fourth-order valence-corrected chi connectivity index (χ4v) is 2.39. The number of hydrogen-bond acceptors (Lipinski definition) is 4. The van der Waals surface area contributed by atoms with Gasteiger partial charge in [0.2, 0.25) is 0 Å². The van der Waals surface area contributed by atoms with Crippen LogP contribution < -0.4 is 0 Å². The highest BCUT2D eigenvalue weighted by Crippen LogP contribution is 2.16. The molecule has 2 heterocycles. The van der Waals surface area contributed by atoms with Crippen LogP contribution in [0.2, 0.25) is 0 Å². The van der Waals surface area contributed by atoms with Crippen LogP contribution in [-0.2, 0) is 6.54 Å². The highest BCUT2D eigenvalue weighted by Gasteiger charge is 2.22. The Hall–Kier alpha value is -1.40. The van der Waals surface area contributed by atoms with Gasteiger partial charge < -0.3 is 10.0 Å². The maximum absolute atomic E-state index is 11.4. The summed E-state index contributed by atoms with van der Waals surface area (Å²) >= 11 is 0. The Kier molecular flexibility index (Phi) is 4.21. The first-order chi connectivity index (χ1) is 8.99. The molecule has 6 nitrogen and oxygen atoms in total. The van der Waals surface area contributed by atoms with E-state index in [1.165, 1.54) is 0 Å². The summed E-state index contributed by atoms with van der Waals surface area (Å²) in [7, 11) is 2.11. The predicted octanol–water partition coefficient (Wildman–Crippen LogP) is 0.910. The van der Waals surface area contributed by atoms with E-state index in [0.29, 0.717) is 12.2 Å².